The van der Waals surface area contributed by atoms with Crippen molar-refractivity contribution in [2.45, 2.75) is 44.1 Å². The van der Waals surface area contributed by atoms with Gasteiger partial charge in [-0.1, -0.05) is 12.8 Å². The van der Waals surface area contributed by atoms with Crippen LogP contribution in [0.1, 0.15) is 38.5 Å². The largest absolute Gasteiger partial charge is 0.389 e. The van der Waals surface area contributed by atoms with Gasteiger partial charge in [0.15, 0.2) is 0 Å². The Kier molecular flexibility index (Phi) is 3.05. The zero-order valence-electron chi connectivity index (χ0n) is 8.91. The summed E-state index contributed by atoms with van der Waals surface area (Å²) < 4.78 is 25.7. The average Bonchev–Trinajstić information content (AvgIpc) is 2.83. The molecular weight excluding hydrogens is 214 g/mol. The number of hydrogen-bond donors (Lipinski definition) is 2. The van der Waals surface area contributed by atoms with Crippen LogP contribution in [0.5, 0.6) is 0 Å². The Balaban J connectivity index is 1.80. The van der Waals surface area contributed by atoms with Gasteiger partial charge in [-0.15, -0.1) is 0 Å². The van der Waals surface area contributed by atoms with Crippen LogP contribution in [0.15, 0.2) is 0 Å². The number of rotatable bonds is 5. The molecule has 0 bridgehead atoms. The lowest BCUT2D eigenvalue weighted by Crippen LogP contribution is -2.41. The molecule has 0 aromatic carbocycles. The van der Waals surface area contributed by atoms with Crippen molar-refractivity contribution in [3.63, 3.8) is 0 Å². The molecule has 0 aliphatic heterocycles. The van der Waals surface area contributed by atoms with Crippen LogP contribution in [-0.2, 0) is 10.0 Å². The van der Waals surface area contributed by atoms with E-state index in [2.05, 4.69) is 4.72 Å². The lowest BCUT2D eigenvalue weighted by molar-refractivity contribution is 0.0531. The summed E-state index contributed by atoms with van der Waals surface area (Å²) in [5.41, 5.74) is -0.781. The fourth-order valence-corrected chi connectivity index (χ4v) is 3.67. The second-order valence-corrected chi connectivity index (χ2v) is 6.83. The van der Waals surface area contributed by atoms with Crippen molar-refractivity contribution in [3.05, 3.63) is 0 Å². The second-order valence-electron chi connectivity index (χ2n) is 4.98. The van der Waals surface area contributed by atoms with Crippen LogP contribution in [0.2, 0.25) is 0 Å². The van der Waals surface area contributed by atoms with Gasteiger partial charge in [0.25, 0.3) is 0 Å². The van der Waals surface area contributed by atoms with Crippen molar-refractivity contribution in [1.29, 1.82) is 0 Å². The van der Waals surface area contributed by atoms with Gasteiger partial charge in [0.1, 0.15) is 0 Å². The molecule has 5 heteroatoms. The van der Waals surface area contributed by atoms with Gasteiger partial charge in [-0.3, -0.25) is 0 Å². The fraction of sp³-hybridized carbons (Fsp3) is 1.00. The first-order valence-electron chi connectivity index (χ1n) is 5.69. The Bertz CT molecular complexity index is 316. The monoisotopic (exact) mass is 233 g/mol. The van der Waals surface area contributed by atoms with E-state index in [0.717, 1.165) is 38.5 Å². The number of hydrogen-bond acceptors (Lipinski definition) is 3. The number of sulfonamides is 1. The van der Waals surface area contributed by atoms with Crippen LogP contribution < -0.4 is 4.72 Å². The summed E-state index contributed by atoms with van der Waals surface area (Å²) in [6.07, 6.45) is 5.51. The van der Waals surface area contributed by atoms with Crippen molar-refractivity contribution in [1.82, 2.24) is 4.72 Å². The smallest absolute Gasteiger partial charge is 0.211 e. The van der Waals surface area contributed by atoms with Crippen molar-refractivity contribution >= 4 is 10.0 Å². The van der Waals surface area contributed by atoms with Crippen LogP contribution in [0, 0.1) is 5.92 Å². The molecule has 15 heavy (non-hydrogen) atoms. The molecule has 2 fully saturated rings. The minimum absolute atomic E-state index is 0.196. The Hall–Kier alpha value is -0.130. The van der Waals surface area contributed by atoms with E-state index in [1.807, 2.05) is 0 Å². The molecule has 4 nitrogen and oxygen atoms in total. The predicted molar refractivity (Wildman–Crippen MR) is 57.9 cm³/mol. The standard InChI is InChI=1S/C10H19NO3S/c12-10(5-1-2-6-10)8-11-15(13,14)7-9-3-4-9/h9,11-12H,1-8H2. The summed E-state index contributed by atoms with van der Waals surface area (Å²) in [6, 6.07) is 0. The molecule has 2 aliphatic carbocycles. The van der Waals surface area contributed by atoms with E-state index in [-0.39, 0.29) is 12.3 Å². The third kappa shape index (κ3) is 3.43. The van der Waals surface area contributed by atoms with Gasteiger partial charge in [-0.05, 0) is 31.6 Å². The maximum atomic E-state index is 11.6. The molecule has 0 aromatic rings. The summed E-state index contributed by atoms with van der Waals surface area (Å²) >= 11 is 0. The maximum Gasteiger partial charge on any atom is 0.211 e. The average molecular weight is 233 g/mol. The van der Waals surface area contributed by atoms with Gasteiger partial charge in [0.2, 0.25) is 10.0 Å². The molecule has 0 spiro atoms. The first-order chi connectivity index (χ1) is 6.99. The Morgan fingerprint density at radius 2 is 1.87 bits per heavy atom. The maximum absolute atomic E-state index is 11.6. The van der Waals surface area contributed by atoms with Gasteiger partial charge in [0.05, 0.1) is 11.4 Å². The van der Waals surface area contributed by atoms with Crippen LogP contribution >= 0.6 is 0 Å². The van der Waals surface area contributed by atoms with E-state index < -0.39 is 15.6 Å². The van der Waals surface area contributed by atoms with Crippen molar-refractivity contribution in [3.8, 4) is 0 Å². The van der Waals surface area contributed by atoms with Crippen LogP contribution in [0.4, 0.5) is 0 Å². The molecule has 0 radical (unpaired) electrons. The molecule has 88 valence electrons. The first kappa shape index (κ1) is 11.4. The SMILES string of the molecule is O=S(=O)(CC1CC1)NCC1(O)CCCC1. The molecule has 0 unspecified atom stereocenters. The van der Waals surface area contributed by atoms with E-state index in [1.165, 1.54) is 0 Å². The summed E-state index contributed by atoms with van der Waals surface area (Å²) in [4.78, 5) is 0. The summed E-state index contributed by atoms with van der Waals surface area (Å²) in [5.74, 6) is 0.601. The summed E-state index contributed by atoms with van der Waals surface area (Å²) in [7, 11) is -3.15. The zero-order chi connectivity index (χ0) is 10.9. The molecule has 0 amide bonds. The molecule has 0 saturated heterocycles. The van der Waals surface area contributed by atoms with Gasteiger partial charge in [-0.2, -0.15) is 0 Å². The van der Waals surface area contributed by atoms with Gasteiger partial charge in [-0.25, -0.2) is 13.1 Å². The molecule has 0 heterocycles. The molecular formula is C10H19NO3S. The Morgan fingerprint density at radius 1 is 1.27 bits per heavy atom. The van der Waals surface area contributed by atoms with Gasteiger partial charge in [0, 0.05) is 6.54 Å². The lowest BCUT2D eigenvalue weighted by atomic mass is 10.0. The van der Waals surface area contributed by atoms with Gasteiger partial charge >= 0.3 is 0 Å². The number of aliphatic hydroxyl groups is 1. The first-order valence-corrected chi connectivity index (χ1v) is 7.34. The minimum atomic E-state index is -3.15. The van der Waals surface area contributed by atoms with E-state index in [4.69, 9.17) is 0 Å². The van der Waals surface area contributed by atoms with Gasteiger partial charge < -0.3 is 5.11 Å². The Labute approximate surface area is 91.1 Å². The third-order valence-electron chi connectivity index (χ3n) is 3.31. The van der Waals surface area contributed by atoms with E-state index in [9.17, 15) is 13.5 Å². The topological polar surface area (TPSA) is 66.4 Å². The zero-order valence-corrected chi connectivity index (χ0v) is 9.72. The highest BCUT2D eigenvalue weighted by Crippen LogP contribution is 2.31. The van der Waals surface area contributed by atoms with Crippen molar-refractivity contribution < 1.29 is 13.5 Å². The number of nitrogens with one attached hydrogen (secondary N) is 1. The van der Waals surface area contributed by atoms with Crippen LogP contribution in [0.3, 0.4) is 0 Å². The quantitative estimate of drug-likeness (QED) is 0.731. The fourth-order valence-electron chi connectivity index (χ4n) is 2.11. The van der Waals surface area contributed by atoms with E-state index in [1.54, 1.807) is 0 Å². The second kappa shape index (κ2) is 4.03. The lowest BCUT2D eigenvalue weighted by Gasteiger charge is -2.22. The van der Waals surface area contributed by atoms with Crippen molar-refractivity contribution in [2.24, 2.45) is 5.92 Å². The normalized spacial score (nSPS) is 25.7. The van der Waals surface area contributed by atoms with E-state index in [0.29, 0.717) is 5.92 Å². The third-order valence-corrected chi connectivity index (χ3v) is 4.80. The highest BCUT2D eigenvalue weighted by Gasteiger charge is 2.34. The van der Waals surface area contributed by atoms with Crippen LogP contribution in [-0.4, -0.2) is 31.4 Å². The summed E-state index contributed by atoms with van der Waals surface area (Å²) in [5, 5.41) is 9.98. The van der Waals surface area contributed by atoms with E-state index >= 15 is 0 Å². The molecule has 2 N–H and O–H groups in total. The highest BCUT2D eigenvalue weighted by molar-refractivity contribution is 7.89. The molecule has 0 aromatic heterocycles. The molecule has 0 atom stereocenters. The minimum Gasteiger partial charge on any atom is -0.389 e. The van der Waals surface area contributed by atoms with Crippen molar-refractivity contribution in [2.75, 3.05) is 12.3 Å². The molecule has 2 aliphatic rings. The molecule has 2 saturated carbocycles. The Morgan fingerprint density at radius 3 is 2.40 bits per heavy atom. The molecule has 2 rings (SSSR count). The van der Waals surface area contributed by atoms with Crippen LogP contribution in [0.25, 0.3) is 0 Å². The predicted octanol–water partition coefficient (Wildman–Crippen LogP) is 0.621. The summed E-state index contributed by atoms with van der Waals surface area (Å²) in [6.45, 7) is 0.196. The highest BCUT2D eigenvalue weighted by atomic mass is 32.2.